The van der Waals surface area contributed by atoms with Gasteiger partial charge >= 0.3 is 0 Å². The minimum atomic E-state index is -3.45. The Labute approximate surface area is 121 Å². The van der Waals surface area contributed by atoms with Crippen LogP contribution < -0.4 is 15.4 Å². The first kappa shape index (κ1) is 15.3. The molecule has 0 spiro atoms. The number of hydrogen-bond acceptors (Lipinski definition) is 4. The molecule has 0 aliphatic carbocycles. The Hall–Kier alpha value is -1.11. The topological polar surface area (TPSA) is 70.2 Å². The van der Waals surface area contributed by atoms with Crippen molar-refractivity contribution in [3.8, 4) is 0 Å². The van der Waals surface area contributed by atoms with E-state index in [4.69, 9.17) is 0 Å². The molecule has 20 heavy (non-hydrogen) atoms. The maximum atomic E-state index is 12.3. The molecule has 0 bridgehead atoms. The summed E-state index contributed by atoms with van der Waals surface area (Å²) < 4.78 is 27.3. The molecule has 3 N–H and O–H groups in total. The van der Waals surface area contributed by atoms with Crippen molar-refractivity contribution in [2.24, 2.45) is 0 Å². The first-order valence-corrected chi connectivity index (χ1v) is 8.53. The Morgan fingerprint density at radius 2 is 2.10 bits per heavy atom. The average Bonchev–Trinajstić information content (AvgIpc) is 2.83. The molecule has 1 fully saturated rings. The van der Waals surface area contributed by atoms with Gasteiger partial charge in [-0.1, -0.05) is 19.1 Å². The van der Waals surface area contributed by atoms with Gasteiger partial charge in [-0.25, -0.2) is 13.1 Å². The van der Waals surface area contributed by atoms with Crippen LogP contribution in [-0.2, 0) is 10.0 Å². The van der Waals surface area contributed by atoms with Crippen LogP contribution >= 0.6 is 0 Å². The quantitative estimate of drug-likeness (QED) is 0.745. The van der Waals surface area contributed by atoms with Crippen LogP contribution in [0.15, 0.2) is 29.2 Å². The third-order valence-corrected chi connectivity index (χ3v) is 5.04. The summed E-state index contributed by atoms with van der Waals surface area (Å²) in [7, 11) is -3.45. The monoisotopic (exact) mass is 297 g/mol. The van der Waals surface area contributed by atoms with Crippen LogP contribution in [0.2, 0.25) is 0 Å². The average molecular weight is 297 g/mol. The van der Waals surface area contributed by atoms with Crippen molar-refractivity contribution >= 4 is 15.7 Å². The van der Waals surface area contributed by atoms with Crippen molar-refractivity contribution in [2.45, 2.75) is 37.1 Å². The second-order valence-corrected chi connectivity index (χ2v) is 7.24. The molecule has 1 aliphatic heterocycles. The molecule has 0 saturated carbocycles. The van der Waals surface area contributed by atoms with E-state index in [-0.39, 0.29) is 5.54 Å². The van der Waals surface area contributed by atoms with E-state index in [0.717, 1.165) is 25.9 Å². The van der Waals surface area contributed by atoms with E-state index in [9.17, 15) is 8.42 Å². The SMILES string of the molecule is CCCNS(=O)(=O)c1ccccc1NC1(C)CCNC1. The molecule has 1 aromatic carbocycles. The molecule has 2 rings (SSSR count). The molecular weight excluding hydrogens is 274 g/mol. The first-order valence-electron chi connectivity index (χ1n) is 7.04. The van der Waals surface area contributed by atoms with Gasteiger partial charge in [0.2, 0.25) is 10.0 Å². The smallest absolute Gasteiger partial charge is 0.242 e. The predicted octanol–water partition coefficient (Wildman–Crippen LogP) is 1.54. The summed E-state index contributed by atoms with van der Waals surface area (Å²) in [5.41, 5.74) is 0.568. The maximum Gasteiger partial charge on any atom is 0.242 e. The summed E-state index contributed by atoms with van der Waals surface area (Å²) in [6.45, 7) is 6.29. The summed E-state index contributed by atoms with van der Waals surface area (Å²) in [5.74, 6) is 0. The van der Waals surface area contributed by atoms with Crippen LogP contribution in [0.3, 0.4) is 0 Å². The molecule has 0 aromatic heterocycles. The molecule has 1 aliphatic rings. The lowest BCUT2D eigenvalue weighted by Gasteiger charge is -2.27. The second kappa shape index (κ2) is 6.11. The molecule has 0 amide bonds. The number of hydrogen-bond donors (Lipinski definition) is 3. The third kappa shape index (κ3) is 3.50. The fourth-order valence-electron chi connectivity index (χ4n) is 2.37. The van der Waals surface area contributed by atoms with Gasteiger partial charge in [-0.2, -0.15) is 0 Å². The van der Waals surface area contributed by atoms with Crippen molar-refractivity contribution in [1.29, 1.82) is 0 Å². The number of benzene rings is 1. The van der Waals surface area contributed by atoms with Gasteiger partial charge in [-0.3, -0.25) is 0 Å². The zero-order valence-electron chi connectivity index (χ0n) is 12.1. The van der Waals surface area contributed by atoms with Crippen LogP contribution in [0, 0.1) is 0 Å². The van der Waals surface area contributed by atoms with Gasteiger partial charge in [0.15, 0.2) is 0 Å². The number of anilines is 1. The summed E-state index contributed by atoms with van der Waals surface area (Å²) in [6.07, 6.45) is 1.75. The molecule has 6 heteroatoms. The Morgan fingerprint density at radius 3 is 2.75 bits per heavy atom. The number of sulfonamides is 1. The lowest BCUT2D eigenvalue weighted by atomic mass is 10.0. The Balaban J connectivity index is 2.26. The van der Waals surface area contributed by atoms with E-state index in [0.29, 0.717) is 17.1 Å². The zero-order valence-corrected chi connectivity index (χ0v) is 12.9. The van der Waals surface area contributed by atoms with Crippen LogP contribution in [0.5, 0.6) is 0 Å². The normalized spacial score (nSPS) is 22.9. The van der Waals surface area contributed by atoms with Gasteiger partial charge < -0.3 is 10.6 Å². The highest BCUT2D eigenvalue weighted by Crippen LogP contribution is 2.26. The molecule has 1 unspecified atom stereocenters. The largest absolute Gasteiger partial charge is 0.377 e. The summed E-state index contributed by atoms with van der Waals surface area (Å²) in [6, 6.07) is 7.07. The highest BCUT2D eigenvalue weighted by Gasteiger charge is 2.30. The number of para-hydroxylation sites is 1. The van der Waals surface area contributed by atoms with E-state index >= 15 is 0 Å². The van der Waals surface area contributed by atoms with Crippen molar-refractivity contribution in [3.05, 3.63) is 24.3 Å². The lowest BCUT2D eigenvalue weighted by Crippen LogP contribution is -2.37. The second-order valence-electron chi connectivity index (χ2n) is 5.51. The molecule has 5 nitrogen and oxygen atoms in total. The van der Waals surface area contributed by atoms with E-state index in [2.05, 4.69) is 22.3 Å². The Morgan fingerprint density at radius 1 is 1.35 bits per heavy atom. The molecule has 1 atom stereocenters. The van der Waals surface area contributed by atoms with Crippen LogP contribution in [0.1, 0.15) is 26.7 Å². The van der Waals surface area contributed by atoms with Crippen molar-refractivity contribution < 1.29 is 8.42 Å². The zero-order chi connectivity index (χ0) is 14.6. The van der Waals surface area contributed by atoms with Crippen molar-refractivity contribution in [3.63, 3.8) is 0 Å². The lowest BCUT2D eigenvalue weighted by molar-refractivity contribution is 0.562. The van der Waals surface area contributed by atoms with Crippen LogP contribution in [-0.4, -0.2) is 33.6 Å². The molecule has 1 saturated heterocycles. The van der Waals surface area contributed by atoms with E-state index in [1.807, 2.05) is 19.1 Å². The fraction of sp³-hybridized carbons (Fsp3) is 0.571. The van der Waals surface area contributed by atoms with E-state index in [1.165, 1.54) is 0 Å². The van der Waals surface area contributed by atoms with Gasteiger partial charge in [-0.05, 0) is 38.4 Å². The fourth-order valence-corrected chi connectivity index (χ4v) is 3.66. The third-order valence-electron chi connectivity index (χ3n) is 3.52. The van der Waals surface area contributed by atoms with E-state index in [1.54, 1.807) is 12.1 Å². The first-order chi connectivity index (χ1) is 9.47. The predicted molar refractivity (Wildman–Crippen MR) is 81.4 cm³/mol. The van der Waals surface area contributed by atoms with Crippen molar-refractivity contribution in [1.82, 2.24) is 10.0 Å². The standard InChI is InChI=1S/C14H23N3O2S/c1-3-9-16-20(18,19)13-7-5-4-6-12(13)17-14(2)8-10-15-11-14/h4-7,15-17H,3,8-11H2,1-2H3. The highest BCUT2D eigenvalue weighted by molar-refractivity contribution is 7.89. The van der Waals surface area contributed by atoms with Gasteiger partial charge in [0, 0.05) is 18.6 Å². The maximum absolute atomic E-state index is 12.3. The Kier molecular flexibility index (Phi) is 4.67. The highest BCUT2D eigenvalue weighted by atomic mass is 32.2. The van der Waals surface area contributed by atoms with Crippen molar-refractivity contribution in [2.75, 3.05) is 25.0 Å². The minimum absolute atomic E-state index is 0.101. The van der Waals surface area contributed by atoms with Crippen LogP contribution in [0.25, 0.3) is 0 Å². The van der Waals surface area contributed by atoms with Gasteiger partial charge in [-0.15, -0.1) is 0 Å². The summed E-state index contributed by atoms with van der Waals surface area (Å²) in [5, 5.41) is 6.68. The van der Waals surface area contributed by atoms with Gasteiger partial charge in [0.25, 0.3) is 0 Å². The molecule has 1 aromatic rings. The minimum Gasteiger partial charge on any atom is -0.377 e. The van der Waals surface area contributed by atoms with E-state index < -0.39 is 10.0 Å². The molecule has 1 heterocycles. The number of rotatable bonds is 6. The molecule has 112 valence electrons. The van der Waals surface area contributed by atoms with Gasteiger partial charge in [0.1, 0.15) is 4.90 Å². The Bertz CT molecular complexity index is 551. The molecular formula is C14H23N3O2S. The van der Waals surface area contributed by atoms with Crippen LogP contribution in [0.4, 0.5) is 5.69 Å². The summed E-state index contributed by atoms with van der Waals surface area (Å²) in [4.78, 5) is 0.321. The molecule has 0 radical (unpaired) electrons. The summed E-state index contributed by atoms with van der Waals surface area (Å²) >= 11 is 0. The number of nitrogens with one attached hydrogen (secondary N) is 3. The van der Waals surface area contributed by atoms with Gasteiger partial charge in [0.05, 0.1) is 5.69 Å².